The number of carbonyl (C=O) groups is 2. The van der Waals surface area contributed by atoms with Crippen LogP contribution in [0, 0.1) is 0 Å². The van der Waals surface area contributed by atoms with E-state index >= 15 is 0 Å². The zero-order valence-corrected chi connectivity index (χ0v) is 24.9. The van der Waals surface area contributed by atoms with E-state index in [1.165, 1.54) is 5.56 Å². The first-order valence-electron chi connectivity index (χ1n) is 15.2. The number of pyridine rings is 1. The van der Waals surface area contributed by atoms with Crippen molar-refractivity contribution in [1.82, 2.24) is 20.3 Å². The van der Waals surface area contributed by atoms with Crippen molar-refractivity contribution in [2.24, 2.45) is 5.11 Å². The summed E-state index contributed by atoms with van der Waals surface area (Å²) in [6, 6.07) is 4.33. The first-order valence-corrected chi connectivity index (χ1v) is 15.2. The number of fused-ring (bicyclic) bond motifs is 1. The van der Waals surface area contributed by atoms with E-state index in [1.807, 2.05) is 0 Å². The van der Waals surface area contributed by atoms with Crippen molar-refractivity contribution in [2.45, 2.75) is 76.5 Å². The molecule has 2 aromatic rings. The Bertz CT molecular complexity index is 1170. The van der Waals surface area contributed by atoms with Crippen molar-refractivity contribution in [2.75, 3.05) is 51.4 Å². The van der Waals surface area contributed by atoms with Gasteiger partial charge in [-0.1, -0.05) is 30.4 Å². The van der Waals surface area contributed by atoms with E-state index in [2.05, 4.69) is 42.8 Å². The molecule has 13 heteroatoms. The highest BCUT2D eigenvalue weighted by atomic mass is 16.5. The second kappa shape index (κ2) is 20.2. The largest absolute Gasteiger partial charge is 0.481 e. The molecular formula is C30H44N8O5. The van der Waals surface area contributed by atoms with E-state index in [0.29, 0.717) is 45.2 Å². The Hall–Kier alpha value is -3.80. The minimum absolute atomic E-state index is 0.0428. The van der Waals surface area contributed by atoms with Gasteiger partial charge in [0, 0.05) is 55.5 Å². The van der Waals surface area contributed by atoms with Crippen molar-refractivity contribution < 1.29 is 24.2 Å². The van der Waals surface area contributed by atoms with Crippen LogP contribution in [-0.4, -0.2) is 78.0 Å². The van der Waals surface area contributed by atoms with Gasteiger partial charge >= 0.3 is 5.97 Å². The summed E-state index contributed by atoms with van der Waals surface area (Å²) in [7, 11) is 0. The summed E-state index contributed by atoms with van der Waals surface area (Å²) < 4.78 is 10.6. The van der Waals surface area contributed by atoms with E-state index < -0.39 is 5.97 Å². The van der Waals surface area contributed by atoms with Crippen LogP contribution >= 0.6 is 0 Å². The molecule has 1 aliphatic rings. The SMILES string of the molecule is [N-]=[N+]=NCCOCCOCCNC(=O)CCc1ncc(C(CCCCCCc2ccc3c(n2)NCCC3)CC(=O)O)cn1. The highest BCUT2D eigenvalue weighted by Gasteiger charge is 2.17. The number of ether oxygens (including phenoxy) is 2. The van der Waals surface area contributed by atoms with Gasteiger partial charge in [0.15, 0.2) is 0 Å². The number of aromatic nitrogens is 3. The minimum atomic E-state index is -0.834. The number of carbonyl (C=O) groups excluding carboxylic acids is 1. The molecule has 0 radical (unpaired) electrons. The molecule has 2 aromatic heterocycles. The number of azide groups is 1. The Balaban J connectivity index is 1.29. The lowest BCUT2D eigenvalue weighted by atomic mass is 9.92. The van der Waals surface area contributed by atoms with Crippen LogP contribution in [0.1, 0.15) is 79.9 Å². The third-order valence-corrected chi connectivity index (χ3v) is 7.22. The number of unbranched alkanes of at least 4 members (excludes halogenated alkanes) is 3. The molecule has 3 heterocycles. The summed E-state index contributed by atoms with van der Waals surface area (Å²) in [5.41, 5.74) is 11.4. The molecule has 1 amide bonds. The normalized spacial score (nSPS) is 12.9. The molecule has 0 fully saturated rings. The van der Waals surface area contributed by atoms with Crippen LogP contribution in [0.15, 0.2) is 29.6 Å². The minimum Gasteiger partial charge on any atom is -0.481 e. The smallest absolute Gasteiger partial charge is 0.303 e. The molecule has 234 valence electrons. The topological polar surface area (TPSA) is 184 Å². The molecule has 0 spiro atoms. The molecule has 0 saturated carbocycles. The Morgan fingerprint density at radius 2 is 1.86 bits per heavy atom. The number of carboxylic acid groups (broad SMARTS) is 1. The van der Waals surface area contributed by atoms with Gasteiger partial charge in [-0.25, -0.2) is 15.0 Å². The Morgan fingerprint density at radius 3 is 2.65 bits per heavy atom. The predicted molar refractivity (Wildman–Crippen MR) is 162 cm³/mol. The van der Waals surface area contributed by atoms with Crippen molar-refractivity contribution in [3.63, 3.8) is 0 Å². The van der Waals surface area contributed by atoms with Crippen LogP contribution in [0.4, 0.5) is 5.82 Å². The lowest BCUT2D eigenvalue weighted by molar-refractivity contribution is -0.137. The summed E-state index contributed by atoms with van der Waals surface area (Å²) >= 11 is 0. The highest BCUT2D eigenvalue weighted by Crippen LogP contribution is 2.26. The zero-order valence-electron chi connectivity index (χ0n) is 24.9. The average Bonchev–Trinajstić information content (AvgIpc) is 3.02. The fourth-order valence-electron chi connectivity index (χ4n) is 4.91. The van der Waals surface area contributed by atoms with Gasteiger partial charge in [0.2, 0.25) is 5.91 Å². The Morgan fingerprint density at radius 1 is 1.07 bits per heavy atom. The van der Waals surface area contributed by atoms with E-state index in [-0.39, 0.29) is 31.2 Å². The van der Waals surface area contributed by atoms with Gasteiger partial charge in [0.1, 0.15) is 11.6 Å². The maximum Gasteiger partial charge on any atom is 0.303 e. The third-order valence-electron chi connectivity index (χ3n) is 7.22. The number of aliphatic carboxylic acids is 1. The van der Waals surface area contributed by atoms with Crippen LogP contribution in [0.3, 0.4) is 0 Å². The maximum atomic E-state index is 12.1. The van der Waals surface area contributed by atoms with E-state index in [9.17, 15) is 14.7 Å². The van der Waals surface area contributed by atoms with Crippen LogP contribution in [0.25, 0.3) is 10.4 Å². The quantitative estimate of drug-likeness (QED) is 0.0768. The van der Waals surface area contributed by atoms with E-state index in [0.717, 1.165) is 75.0 Å². The molecule has 1 atom stereocenters. The zero-order chi connectivity index (χ0) is 30.5. The van der Waals surface area contributed by atoms with Gasteiger partial charge in [-0.2, -0.15) is 0 Å². The van der Waals surface area contributed by atoms with Gasteiger partial charge in [-0.15, -0.1) is 0 Å². The summed E-state index contributed by atoms with van der Waals surface area (Å²) in [6.45, 7) is 3.16. The summed E-state index contributed by atoms with van der Waals surface area (Å²) in [5.74, 6) is 0.496. The van der Waals surface area contributed by atoms with Crippen LogP contribution in [0.2, 0.25) is 0 Å². The molecule has 1 aliphatic heterocycles. The number of anilines is 1. The number of carboxylic acids is 1. The van der Waals surface area contributed by atoms with Crippen LogP contribution in [0.5, 0.6) is 0 Å². The number of amides is 1. The second-order valence-electron chi connectivity index (χ2n) is 10.6. The number of hydrogen-bond donors (Lipinski definition) is 3. The number of aryl methyl sites for hydroxylation is 3. The molecule has 0 bridgehead atoms. The van der Waals surface area contributed by atoms with Gasteiger partial charge in [-0.05, 0) is 60.7 Å². The predicted octanol–water partition coefficient (Wildman–Crippen LogP) is 4.37. The first-order chi connectivity index (χ1) is 21.0. The summed E-state index contributed by atoms with van der Waals surface area (Å²) in [6.07, 6.45) is 12.2. The lowest BCUT2D eigenvalue weighted by Crippen LogP contribution is -2.28. The maximum absolute atomic E-state index is 12.1. The van der Waals surface area contributed by atoms with Crippen molar-refractivity contribution in [3.05, 3.63) is 57.6 Å². The number of nitrogens with zero attached hydrogens (tertiary/aromatic N) is 6. The monoisotopic (exact) mass is 596 g/mol. The molecule has 1 unspecified atom stereocenters. The first kappa shape index (κ1) is 33.7. The van der Waals surface area contributed by atoms with Gasteiger partial charge in [0.05, 0.1) is 32.8 Å². The molecule has 3 rings (SSSR count). The Kier molecular flexibility index (Phi) is 15.8. The van der Waals surface area contributed by atoms with Crippen molar-refractivity contribution >= 4 is 17.7 Å². The van der Waals surface area contributed by atoms with Gasteiger partial charge in [0.25, 0.3) is 0 Å². The molecule has 3 N–H and O–H groups in total. The van der Waals surface area contributed by atoms with Gasteiger partial charge < -0.3 is 25.2 Å². The molecule has 43 heavy (non-hydrogen) atoms. The fourth-order valence-corrected chi connectivity index (χ4v) is 4.91. The number of rotatable bonds is 22. The molecule has 0 saturated heterocycles. The van der Waals surface area contributed by atoms with Crippen molar-refractivity contribution in [3.8, 4) is 0 Å². The standard InChI is InChI=1S/C30H44N8O5/c31-38-36-15-17-43-19-18-42-16-14-32-28(39)12-11-27-34-21-25(22-35-27)24(20-29(40)41)6-3-1-2-4-8-26-10-9-23-7-5-13-33-30(23)37-26/h9-10,21-22,24H,1-8,11-20H2,(H,32,39)(H,33,37)(H,40,41). The summed E-state index contributed by atoms with van der Waals surface area (Å²) in [4.78, 5) is 39.8. The van der Waals surface area contributed by atoms with E-state index in [4.69, 9.17) is 20.0 Å². The molecular weight excluding hydrogens is 552 g/mol. The second-order valence-corrected chi connectivity index (χ2v) is 10.6. The number of hydrogen-bond acceptors (Lipinski definition) is 9. The van der Waals surface area contributed by atoms with Crippen LogP contribution < -0.4 is 10.6 Å². The van der Waals surface area contributed by atoms with Gasteiger partial charge in [-0.3, -0.25) is 9.59 Å². The van der Waals surface area contributed by atoms with Crippen LogP contribution in [-0.2, 0) is 38.3 Å². The highest BCUT2D eigenvalue weighted by molar-refractivity contribution is 5.76. The molecule has 0 aromatic carbocycles. The van der Waals surface area contributed by atoms with E-state index in [1.54, 1.807) is 12.4 Å². The lowest BCUT2D eigenvalue weighted by Gasteiger charge is -2.17. The third kappa shape index (κ3) is 13.8. The van der Waals surface area contributed by atoms with Crippen molar-refractivity contribution in [1.29, 1.82) is 0 Å². The average molecular weight is 597 g/mol. The molecule has 13 nitrogen and oxygen atoms in total. The fraction of sp³-hybridized carbons (Fsp3) is 0.633. The molecule has 0 aliphatic carbocycles. The Labute approximate surface area is 252 Å². The number of nitrogens with one attached hydrogen (secondary N) is 2. The summed E-state index contributed by atoms with van der Waals surface area (Å²) in [5, 5.41) is 19.0.